The summed E-state index contributed by atoms with van der Waals surface area (Å²) >= 11 is 5.01. The first-order chi connectivity index (χ1) is 14.1. The number of hydrogen-bond donors (Lipinski definition) is 1. The van der Waals surface area contributed by atoms with E-state index >= 15 is 0 Å². The molecule has 2 amide bonds. The van der Waals surface area contributed by atoms with Gasteiger partial charge in [-0.05, 0) is 63.4 Å². The molecule has 0 radical (unpaired) electrons. The van der Waals surface area contributed by atoms with E-state index in [1.54, 1.807) is 23.6 Å². The van der Waals surface area contributed by atoms with Crippen LogP contribution in [0.4, 0.5) is 0 Å². The number of nitrogens with zero attached hydrogens (tertiary/aromatic N) is 1. The zero-order valence-electron chi connectivity index (χ0n) is 18.4. The number of nitrogens with one attached hydrogen (secondary N) is 1. The molecule has 0 aliphatic carbocycles. The summed E-state index contributed by atoms with van der Waals surface area (Å²) < 4.78 is 1.04. The molecular weight excluding hydrogens is 460 g/mol. The van der Waals surface area contributed by atoms with Gasteiger partial charge in [0.2, 0.25) is 11.8 Å². The summed E-state index contributed by atoms with van der Waals surface area (Å²) in [6.45, 7) is 10.1. The number of amides is 2. The van der Waals surface area contributed by atoms with E-state index in [1.807, 2.05) is 76.2 Å². The Morgan fingerprint density at radius 2 is 1.73 bits per heavy atom. The Hall–Kier alpha value is -1.79. The fourth-order valence-corrected chi connectivity index (χ4v) is 4.08. The quantitative estimate of drug-likeness (QED) is 0.544. The third kappa shape index (κ3) is 7.80. The van der Waals surface area contributed by atoms with Crippen LogP contribution < -0.4 is 5.32 Å². The van der Waals surface area contributed by atoms with E-state index in [1.165, 1.54) is 5.56 Å². The predicted octanol–water partition coefficient (Wildman–Crippen LogP) is 5.32. The lowest BCUT2D eigenvalue weighted by Crippen LogP contribution is -2.52. The van der Waals surface area contributed by atoms with E-state index in [-0.39, 0.29) is 17.4 Å². The first-order valence-corrected chi connectivity index (χ1v) is 12.0. The number of carbonyl (C=O) groups is 2. The van der Waals surface area contributed by atoms with Crippen LogP contribution in [0.15, 0.2) is 53.0 Å². The lowest BCUT2D eigenvalue weighted by Gasteiger charge is -2.31. The molecule has 2 rings (SSSR count). The van der Waals surface area contributed by atoms with Gasteiger partial charge in [0, 0.05) is 22.3 Å². The van der Waals surface area contributed by atoms with Crippen LogP contribution in [-0.2, 0) is 21.9 Å². The van der Waals surface area contributed by atoms with Crippen LogP contribution in [-0.4, -0.2) is 34.0 Å². The first kappa shape index (κ1) is 24.5. The molecule has 0 saturated heterocycles. The van der Waals surface area contributed by atoms with Gasteiger partial charge in [-0.25, -0.2) is 0 Å². The lowest BCUT2D eigenvalue weighted by atomic mass is 10.1. The highest BCUT2D eigenvalue weighted by Crippen LogP contribution is 2.19. The molecule has 0 fully saturated rings. The van der Waals surface area contributed by atoms with Crippen molar-refractivity contribution >= 4 is 39.5 Å². The highest BCUT2D eigenvalue weighted by molar-refractivity contribution is 9.10. The van der Waals surface area contributed by atoms with Crippen molar-refractivity contribution in [1.82, 2.24) is 10.2 Å². The van der Waals surface area contributed by atoms with Crippen LogP contribution in [0.2, 0.25) is 0 Å². The predicted molar refractivity (Wildman–Crippen MR) is 129 cm³/mol. The van der Waals surface area contributed by atoms with Crippen LogP contribution in [0.3, 0.4) is 0 Å². The molecule has 0 aromatic heterocycles. The van der Waals surface area contributed by atoms with Crippen LogP contribution >= 0.6 is 27.7 Å². The second kappa shape index (κ2) is 11.0. The molecule has 1 unspecified atom stereocenters. The van der Waals surface area contributed by atoms with E-state index in [2.05, 4.69) is 21.2 Å². The summed E-state index contributed by atoms with van der Waals surface area (Å²) in [5, 5.41) is 3.00. The summed E-state index contributed by atoms with van der Waals surface area (Å²) in [6.07, 6.45) is 0. The minimum absolute atomic E-state index is 0.0306. The van der Waals surface area contributed by atoms with Crippen LogP contribution in [0.1, 0.15) is 44.4 Å². The van der Waals surface area contributed by atoms with Crippen LogP contribution in [0.5, 0.6) is 0 Å². The Balaban J connectivity index is 2.10. The number of benzene rings is 2. The third-order valence-corrected chi connectivity index (χ3v) is 6.19. The SMILES string of the molecule is Cc1ccccc1CN(C(=O)CSCc1ccc(Br)cc1)C(C)C(=O)NC(C)(C)C. The molecule has 0 heterocycles. The number of hydrogen-bond acceptors (Lipinski definition) is 3. The molecular formula is C24H31BrN2O2S. The lowest BCUT2D eigenvalue weighted by molar-refractivity contribution is -0.139. The molecule has 2 aromatic rings. The van der Waals surface area contributed by atoms with E-state index < -0.39 is 6.04 Å². The van der Waals surface area contributed by atoms with E-state index in [0.717, 1.165) is 21.4 Å². The van der Waals surface area contributed by atoms with Crippen molar-refractivity contribution in [1.29, 1.82) is 0 Å². The van der Waals surface area contributed by atoms with Gasteiger partial charge in [-0.2, -0.15) is 0 Å². The van der Waals surface area contributed by atoms with E-state index in [0.29, 0.717) is 12.3 Å². The second-order valence-electron chi connectivity index (χ2n) is 8.48. The second-order valence-corrected chi connectivity index (χ2v) is 10.4. The van der Waals surface area contributed by atoms with Gasteiger partial charge in [-0.1, -0.05) is 52.3 Å². The maximum Gasteiger partial charge on any atom is 0.242 e. The fourth-order valence-electron chi connectivity index (χ4n) is 2.95. The van der Waals surface area contributed by atoms with Gasteiger partial charge in [0.25, 0.3) is 0 Å². The standard InChI is InChI=1S/C24H31BrN2O2S/c1-17-8-6-7-9-20(17)14-27(18(2)23(29)26-24(3,4)5)22(28)16-30-15-19-10-12-21(25)13-11-19/h6-13,18H,14-16H2,1-5H3,(H,26,29). The molecule has 0 aliphatic heterocycles. The molecule has 4 nitrogen and oxygen atoms in total. The van der Waals surface area contributed by atoms with Crippen molar-refractivity contribution in [2.75, 3.05) is 5.75 Å². The summed E-state index contributed by atoms with van der Waals surface area (Å²) in [4.78, 5) is 27.6. The van der Waals surface area contributed by atoms with Crippen molar-refractivity contribution < 1.29 is 9.59 Å². The van der Waals surface area contributed by atoms with Gasteiger partial charge in [0.15, 0.2) is 0 Å². The Morgan fingerprint density at radius 3 is 2.33 bits per heavy atom. The van der Waals surface area contributed by atoms with Crippen molar-refractivity contribution in [3.05, 3.63) is 69.7 Å². The smallest absolute Gasteiger partial charge is 0.242 e. The minimum Gasteiger partial charge on any atom is -0.350 e. The topological polar surface area (TPSA) is 49.4 Å². The molecule has 0 saturated carbocycles. The van der Waals surface area contributed by atoms with Crippen LogP contribution in [0, 0.1) is 6.92 Å². The fraction of sp³-hybridized carbons (Fsp3) is 0.417. The van der Waals surface area contributed by atoms with Gasteiger partial charge in [0.1, 0.15) is 6.04 Å². The number of aryl methyl sites for hydroxylation is 1. The zero-order chi connectivity index (χ0) is 22.3. The summed E-state index contributed by atoms with van der Waals surface area (Å²) in [7, 11) is 0. The largest absolute Gasteiger partial charge is 0.350 e. The summed E-state index contributed by atoms with van der Waals surface area (Å²) in [5.74, 6) is 0.911. The third-order valence-electron chi connectivity index (χ3n) is 4.67. The molecule has 0 bridgehead atoms. The monoisotopic (exact) mass is 490 g/mol. The number of carbonyl (C=O) groups excluding carboxylic acids is 2. The molecule has 30 heavy (non-hydrogen) atoms. The van der Waals surface area contributed by atoms with Gasteiger partial charge in [0.05, 0.1) is 5.75 Å². The van der Waals surface area contributed by atoms with E-state index in [4.69, 9.17) is 0 Å². The highest BCUT2D eigenvalue weighted by atomic mass is 79.9. The molecule has 0 spiro atoms. The summed E-state index contributed by atoms with van der Waals surface area (Å²) in [6, 6.07) is 15.5. The Morgan fingerprint density at radius 1 is 1.10 bits per heavy atom. The van der Waals surface area contributed by atoms with Crippen molar-refractivity contribution in [3.63, 3.8) is 0 Å². The number of rotatable bonds is 8. The molecule has 1 N–H and O–H groups in total. The molecule has 0 aliphatic rings. The van der Waals surface area contributed by atoms with Gasteiger partial charge in [-0.3, -0.25) is 9.59 Å². The normalized spacial score (nSPS) is 12.3. The maximum absolute atomic E-state index is 13.1. The first-order valence-electron chi connectivity index (χ1n) is 10.0. The Kier molecular flexibility index (Phi) is 8.98. The molecule has 2 aromatic carbocycles. The van der Waals surface area contributed by atoms with Gasteiger partial charge < -0.3 is 10.2 Å². The highest BCUT2D eigenvalue weighted by Gasteiger charge is 2.28. The summed E-state index contributed by atoms with van der Waals surface area (Å²) in [5.41, 5.74) is 2.99. The van der Waals surface area contributed by atoms with Gasteiger partial charge >= 0.3 is 0 Å². The van der Waals surface area contributed by atoms with Crippen molar-refractivity contribution in [3.8, 4) is 0 Å². The Labute approximate surface area is 192 Å². The van der Waals surface area contributed by atoms with Crippen molar-refractivity contribution in [2.24, 2.45) is 0 Å². The molecule has 1 atom stereocenters. The maximum atomic E-state index is 13.1. The minimum atomic E-state index is -0.551. The van der Waals surface area contributed by atoms with E-state index in [9.17, 15) is 9.59 Å². The average Bonchev–Trinajstić information content (AvgIpc) is 2.67. The van der Waals surface area contributed by atoms with Crippen LogP contribution in [0.25, 0.3) is 0 Å². The molecule has 162 valence electrons. The molecule has 6 heteroatoms. The Bertz CT molecular complexity index is 862. The zero-order valence-corrected chi connectivity index (χ0v) is 20.8. The number of thioether (sulfide) groups is 1. The average molecular weight is 491 g/mol. The number of halogens is 1. The van der Waals surface area contributed by atoms with Gasteiger partial charge in [-0.15, -0.1) is 11.8 Å². The van der Waals surface area contributed by atoms with Crippen molar-refractivity contribution in [2.45, 2.75) is 58.5 Å².